The predicted molar refractivity (Wildman–Crippen MR) is 53.5 cm³/mol. The first kappa shape index (κ1) is 9.49. The first-order chi connectivity index (χ1) is 6.86. The second-order valence-corrected chi connectivity index (χ2v) is 4.39. The molecule has 0 saturated carbocycles. The van der Waals surface area contributed by atoms with Crippen LogP contribution in [-0.2, 0) is 9.59 Å². The Labute approximate surface area is 85.9 Å². The molecule has 0 radical (unpaired) electrons. The number of hydrogen-bond donors (Lipinski definition) is 2. The third kappa shape index (κ3) is 2.05. The fourth-order valence-corrected chi connectivity index (χ4v) is 1.48. The number of carbonyl (C=O) groups is 2. The third-order valence-corrected chi connectivity index (χ3v) is 2.40. The molecule has 0 aromatic carbocycles. The molecule has 14 heavy (non-hydrogen) atoms. The van der Waals surface area contributed by atoms with Gasteiger partial charge in [-0.25, -0.2) is 0 Å². The highest BCUT2D eigenvalue weighted by Gasteiger charge is 2.36. The number of rotatable bonds is 2. The molecular weight excluding hydrogens is 180 g/mol. The minimum atomic E-state index is -0.660. The minimum Gasteiger partial charge on any atom is -0.342 e. The van der Waals surface area contributed by atoms with Gasteiger partial charge in [-0.3, -0.25) is 9.59 Å². The Balaban J connectivity index is 2.89. The predicted octanol–water partition coefficient (Wildman–Crippen LogP) is 0.282. The number of nitrogens with one attached hydrogen (secondary N) is 2. The lowest BCUT2D eigenvalue weighted by Gasteiger charge is -2.33. The van der Waals surface area contributed by atoms with Gasteiger partial charge in [-0.2, -0.15) is 0 Å². The summed E-state index contributed by atoms with van der Waals surface area (Å²) < 4.78 is 7.64. The van der Waals surface area contributed by atoms with Crippen molar-refractivity contribution in [3.8, 4) is 0 Å². The van der Waals surface area contributed by atoms with Crippen LogP contribution in [0.3, 0.4) is 0 Å². The highest BCUT2D eigenvalue weighted by molar-refractivity contribution is 5.97. The smallest absolute Gasteiger partial charge is 0.243 e. The van der Waals surface area contributed by atoms with Crippen molar-refractivity contribution in [3.63, 3.8) is 0 Å². The molecule has 0 aliphatic carbocycles. The maximum absolute atomic E-state index is 11.8. The van der Waals surface area contributed by atoms with Gasteiger partial charge in [-0.05, 0) is 11.8 Å². The normalized spacial score (nSPS) is 29.6. The van der Waals surface area contributed by atoms with Crippen LogP contribution in [0.2, 0.25) is 1.41 Å². The summed E-state index contributed by atoms with van der Waals surface area (Å²) in [4.78, 5) is 23.4. The van der Waals surface area contributed by atoms with E-state index in [2.05, 4.69) is 5.32 Å². The molecule has 1 aliphatic rings. The summed E-state index contributed by atoms with van der Waals surface area (Å²) in [5.74, 6) is -0.566. The van der Waals surface area contributed by atoms with Crippen LogP contribution in [0, 0.1) is 11.8 Å². The Morgan fingerprint density at radius 1 is 1.07 bits per heavy atom. The van der Waals surface area contributed by atoms with E-state index in [-0.39, 0.29) is 23.7 Å². The number of carbonyl (C=O) groups excluding carboxylic acids is 2. The van der Waals surface area contributed by atoms with E-state index in [0.29, 0.717) is 0 Å². The molecule has 0 spiro atoms. The molecule has 1 fully saturated rings. The highest BCUT2D eigenvalue weighted by atomic mass is 16.2. The Hall–Kier alpha value is -1.06. The zero-order valence-corrected chi connectivity index (χ0v) is 9.07. The summed E-state index contributed by atoms with van der Waals surface area (Å²) in [6.45, 7) is 7.36. The zero-order valence-electron chi connectivity index (χ0n) is 10.1. The summed E-state index contributed by atoms with van der Waals surface area (Å²) in [5, 5.41) is 3.50. The summed E-state index contributed by atoms with van der Waals surface area (Å²) in [7, 11) is 0. The van der Waals surface area contributed by atoms with E-state index in [9.17, 15) is 9.59 Å². The summed E-state index contributed by atoms with van der Waals surface area (Å²) in [6, 6.07) is -1.21. The molecule has 0 aromatic rings. The van der Waals surface area contributed by atoms with Crippen molar-refractivity contribution >= 4 is 11.8 Å². The van der Waals surface area contributed by atoms with E-state index in [0.717, 1.165) is 5.31 Å². The molecule has 80 valence electrons. The van der Waals surface area contributed by atoms with Gasteiger partial charge in [0.25, 0.3) is 0 Å². The van der Waals surface area contributed by atoms with Crippen LogP contribution in [0.5, 0.6) is 0 Å². The average Bonchev–Trinajstić information content (AvgIpc) is 2.10. The summed E-state index contributed by atoms with van der Waals surface area (Å²) in [6.07, 6.45) is 0. The quantitative estimate of drug-likeness (QED) is 0.671. The van der Waals surface area contributed by atoms with Gasteiger partial charge in [-0.1, -0.05) is 27.7 Å². The molecule has 0 aromatic heterocycles. The van der Waals surface area contributed by atoms with Gasteiger partial charge in [0.15, 0.2) is 1.41 Å². The molecule has 4 nitrogen and oxygen atoms in total. The van der Waals surface area contributed by atoms with Crippen molar-refractivity contribution in [2.24, 2.45) is 11.8 Å². The van der Waals surface area contributed by atoms with Gasteiger partial charge in [-0.15, -0.1) is 0 Å². The van der Waals surface area contributed by atoms with Crippen LogP contribution in [-0.4, -0.2) is 23.9 Å². The fourth-order valence-electron chi connectivity index (χ4n) is 1.48. The Bertz CT molecular complexity index is 279. The second kappa shape index (κ2) is 3.98. The number of hydrogen-bond acceptors (Lipinski definition) is 2. The molecule has 1 saturated heterocycles. The van der Waals surface area contributed by atoms with Crippen molar-refractivity contribution in [3.05, 3.63) is 0 Å². The van der Waals surface area contributed by atoms with Gasteiger partial charge in [0, 0.05) is 0 Å². The van der Waals surface area contributed by atoms with Crippen LogP contribution in [0.15, 0.2) is 0 Å². The van der Waals surface area contributed by atoms with Gasteiger partial charge >= 0.3 is 0 Å². The van der Waals surface area contributed by atoms with E-state index in [4.69, 9.17) is 1.41 Å². The van der Waals surface area contributed by atoms with Crippen LogP contribution in [0.1, 0.15) is 27.7 Å². The number of amides is 2. The average molecular weight is 199 g/mol. The monoisotopic (exact) mass is 199 g/mol. The molecule has 2 amide bonds. The van der Waals surface area contributed by atoms with Crippen LogP contribution < -0.4 is 10.6 Å². The van der Waals surface area contributed by atoms with E-state index >= 15 is 0 Å². The van der Waals surface area contributed by atoms with Crippen molar-refractivity contribution in [1.82, 2.24) is 10.6 Å². The molecule has 1 rings (SSSR count). The molecule has 2 N–H and O–H groups in total. The van der Waals surface area contributed by atoms with Crippen molar-refractivity contribution in [2.75, 3.05) is 0 Å². The van der Waals surface area contributed by atoms with Crippen molar-refractivity contribution in [2.45, 2.75) is 39.8 Å². The number of piperazine rings is 1. The molecular formula is C10H18N2O2. The molecule has 2 atom stereocenters. The van der Waals surface area contributed by atoms with Gasteiger partial charge in [0.2, 0.25) is 11.8 Å². The van der Waals surface area contributed by atoms with E-state index in [1.807, 2.05) is 27.7 Å². The van der Waals surface area contributed by atoms with Gasteiger partial charge < -0.3 is 10.6 Å². The maximum Gasteiger partial charge on any atom is 0.243 e. The fraction of sp³-hybridized carbons (Fsp3) is 0.800. The molecule has 0 bridgehead atoms. The van der Waals surface area contributed by atoms with E-state index in [1.54, 1.807) is 0 Å². The maximum atomic E-state index is 11.8. The minimum absolute atomic E-state index is 0.0161. The lowest BCUT2D eigenvalue weighted by Crippen LogP contribution is -2.64. The third-order valence-electron chi connectivity index (χ3n) is 2.40. The first-order valence-corrected chi connectivity index (χ1v) is 4.98. The molecule has 0 unspecified atom stereocenters. The Morgan fingerprint density at radius 3 is 2.00 bits per heavy atom. The van der Waals surface area contributed by atoms with Gasteiger partial charge in [0.1, 0.15) is 12.1 Å². The molecule has 1 aliphatic heterocycles. The van der Waals surface area contributed by atoms with Crippen LogP contribution in [0.25, 0.3) is 0 Å². The highest BCUT2D eigenvalue weighted by Crippen LogP contribution is 2.11. The standard InChI is InChI=1S/C10H18N2O2/c1-5(2)7-9(13)12-8(6(3)4)10(14)11-7/h5-8H,1-4H3,(H,11,14)(H,12,13)/t7-,8-/m0/s1/i/hD. The van der Waals surface area contributed by atoms with Crippen molar-refractivity contribution in [1.29, 1.82) is 0 Å². The summed E-state index contributed by atoms with van der Waals surface area (Å²) >= 11 is 0. The SMILES string of the molecule is [2H]N1C(=O)[C@H](C(C)C)NC(=O)[C@@H]1C(C)C. The lowest BCUT2D eigenvalue weighted by molar-refractivity contribution is -0.138. The molecule has 4 heteroatoms. The summed E-state index contributed by atoms with van der Waals surface area (Å²) in [5.41, 5.74) is 0. The van der Waals surface area contributed by atoms with E-state index < -0.39 is 12.1 Å². The Kier molecular flexibility index (Phi) is 2.70. The van der Waals surface area contributed by atoms with E-state index in [1.165, 1.54) is 0 Å². The van der Waals surface area contributed by atoms with Crippen LogP contribution >= 0.6 is 0 Å². The van der Waals surface area contributed by atoms with Crippen molar-refractivity contribution < 1.29 is 11.0 Å². The largest absolute Gasteiger partial charge is 0.342 e. The Morgan fingerprint density at radius 2 is 1.57 bits per heavy atom. The van der Waals surface area contributed by atoms with Gasteiger partial charge in [0.05, 0.1) is 0 Å². The molecule has 1 heterocycles. The topological polar surface area (TPSA) is 58.2 Å². The second-order valence-electron chi connectivity index (χ2n) is 4.39. The van der Waals surface area contributed by atoms with Crippen LogP contribution in [0.4, 0.5) is 0 Å². The first-order valence-electron chi connectivity index (χ1n) is 5.43. The lowest BCUT2D eigenvalue weighted by atomic mass is 9.95. The zero-order chi connectivity index (χ0) is 11.7.